The molecular formula is C19H22F3N3O. The van der Waals surface area contributed by atoms with E-state index >= 15 is 0 Å². The first kappa shape index (κ1) is 19.8. The fraction of sp³-hybridized carbons (Fsp3) is 0.368. The minimum atomic E-state index is -4.40. The molecule has 4 nitrogen and oxygen atoms in total. The molecule has 7 heteroatoms. The number of halogens is 3. The van der Waals surface area contributed by atoms with Gasteiger partial charge in [0.25, 0.3) is 5.91 Å². The highest BCUT2D eigenvalue weighted by Crippen LogP contribution is 2.28. The molecule has 0 bridgehead atoms. The average Bonchev–Trinajstić information content (AvgIpc) is 2.57. The first-order valence-electron chi connectivity index (χ1n) is 8.23. The van der Waals surface area contributed by atoms with Gasteiger partial charge in [0.15, 0.2) is 0 Å². The van der Waals surface area contributed by atoms with Crippen LogP contribution in [0.25, 0.3) is 0 Å². The molecule has 2 N–H and O–H groups in total. The molecule has 0 saturated heterocycles. The van der Waals surface area contributed by atoms with Crippen LogP contribution in [0, 0.1) is 0 Å². The number of hydrogen-bond acceptors (Lipinski definition) is 3. The predicted octanol–water partition coefficient (Wildman–Crippen LogP) is 4.24. The Hall–Kier alpha value is -2.57. The van der Waals surface area contributed by atoms with Gasteiger partial charge >= 0.3 is 6.18 Å². The summed E-state index contributed by atoms with van der Waals surface area (Å²) in [7, 11) is 0. The number of pyridine rings is 1. The zero-order chi connectivity index (χ0) is 19.4. The van der Waals surface area contributed by atoms with Gasteiger partial charge in [-0.15, -0.1) is 0 Å². The van der Waals surface area contributed by atoms with Crippen LogP contribution in [0.2, 0.25) is 0 Å². The number of hydrogen-bond donors (Lipinski definition) is 2. The molecule has 0 fully saturated rings. The fourth-order valence-electron chi connectivity index (χ4n) is 2.26. The molecule has 1 heterocycles. The van der Waals surface area contributed by atoms with E-state index < -0.39 is 11.7 Å². The Morgan fingerprint density at radius 3 is 2.08 bits per heavy atom. The fourth-order valence-corrected chi connectivity index (χ4v) is 2.26. The molecule has 0 aliphatic heterocycles. The van der Waals surface area contributed by atoms with Crippen molar-refractivity contribution in [2.24, 2.45) is 0 Å². The van der Waals surface area contributed by atoms with Crippen LogP contribution < -0.4 is 10.6 Å². The van der Waals surface area contributed by atoms with Crippen LogP contribution in [-0.2, 0) is 11.6 Å². The third kappa shape index (κ3) is 5.47. The van der Waals surface area contributed by atoms with E-state index in [-0.39, 0.29) is 11.3 Å². The van der Waals surface area contributed by atoms with E-state index in [0.717, 1.165) is 17.8 Å². The monoisotopic (exact) mass is 365 g/mol. The Bertz CT molecular complexity index is 733. The summed E-state index contributed by atoms with van der Waals surface area (Å²) in [6.45, 7) is 6.97. The van der Waals surface area contributed by atoms with Crippen LogP contribution in [0.1, 0.15) is 42.3 Å². The molecule has 1 aromatic carbocycles. The van der Waals surface area contributed by atoms with Crippen molar-refractivity contribution < 1.29 is 18.0 Å². The highest BCUT2D eigenvalue weighted by Gasteiger charge is 2.30. The number of amides is 1. The summed E-state index contributed by atoms with van der Waals surface area (Å²) >= 11 is 0. The second-order valence-electron chi connectivity index (χ2n) is 6.94. The number of nitrogens with one attached hydrogen (secondary N) is 2. The number of aromatic nitrogens is 1. The number of rotatable bonds is 5. The lowest BCUT2D eigenvalue weighted by Crippen LogP contribution is -2.29. The topological polar surface area (TPSA) is 54.0 Å². The lowest BCUT2D eigenvalue weighted by Gasteiger charge is -2.19. The molecule has 140 valence electrons. The number of nitrogens with zero attached hydrogens (tertiary/aromatic N) is 1. The molecule has 0 unspecified atom stereocenters. The van der Waals surface area contributed by atoms with E-state index in [2.05, 4.69) is 36.4 Å². The standard InChI is InChI=1S/C19H22F3N3O/c1-18(2,3)14-6-4-13(5-7-14)17(26)24-11-10-23-16-9-8-15(12-25-16)19(20,21)22/h4-9,12H,10-11H2,1-3H3,(H,23,25)(H,24,26). The molecule has 0 aliphatic carbocycles. The van der Waals surface area contributed by atoms with Gasteiger partial charge in [-0.25, -0.2) is 4.98 Å². The largest absolute Gasteiger partial charge is 0.417 e. The summed E-state index contributed by atoms with van der Waals surface area (Å²) in [5.74, 6) is 0.120. The Morgan fingerprint density at radius 2 is 1.58 bits per heavy atom. The third-order valence-electron chi connectivity index (χ3n) is 3.82. The van der Waals surface area contributed by atoms with Gasteiger partial charge in [0.2, 0.25) is 0 Å². The molecule has 2 aromatic rings. The van der Waals surface area contributed by atoms with Gasteiger partial charge in [-0.1, -0.05) is 32.9 Å². The maximum atomic E-state index is 12.5. The minimum absolute atomic E-state index is 0.0214. The summed E-state index contributed by atoms with van der Waals surface area (Å²) in [6, 6.07) is 9.64. The van der Waals surface area contributed by atoms with Crippen LogP contribution in [-0.4, -0.2) is 24.0 Å². The minimum Gasteiger partial charge on any atom is -0.368 e. The molecule has 0 saturated carbocycles. The normalized spacial score (nSPS) is 11.9. The van der Waals surface area contributed by atoms with E-state index in [4.69, 9.17) is 0 Å². The van der Waals surface area contributed by atoms with Gasteiger partial charge in [0.1, 0.15) is 5.82 Å². The van der Waals surface area contributed by atoms with E-state index in [1.165, 1.54) is 6.07 Å². The van der Waals surface area contributed by atoms with Gasteiger partial charge in [-0.3, -0.25) is 4.79 Å². The predicted molar refractivity (Wildman–Crippen MR) is 95.2 cm³/mol. The van der Waals surface area contributed by atoms with E-state index in [9.17, 15) is 18.0 Å². The van der Waals surface area contributed by atoms with Crippen LogP contribution >= 0.6 is 0 Å². The summed E-state index contributed by atoms with van der Waals surface area (Å²) in [4.78, 5) is 15.8. The van der Waals surface area contributed by atoms with Gasteiger partial charge in [0.05, 0.1) is 5.56 Å². The van der Waals surface area contributed by atoms with Crippen molar-refractivity contribution in [2.75, 3.05) is 18.4 Å². The SMILES string of the molecule is CC(C)(C)c1ccc(C(=O)NCCNc2ccc(C(F)(F)F)cn2)cc1. The highest BCUT2D eigenvalue weighted by molar-refractivity contribution is 5.94. The van der Waals surface area contributed by atoms with Gasteiger partial charge < -0.3 is 10.6 Å². The van der Waals surface area contributed by atoms with Crippen LogP contribution in [0.15, 0.2) is 42.6 Å². The van der Waals surface area contributed by atoms with Crippen molar-refractivity contribution in [1.29, 1.82) is 0 Å². The smallest absolute Gasteiger partial charge is 0.368 e. The maximum absolute atomic E-state index is 12.5. The van der Waals surface area contributed by atoms with Crippen molar-refractivity contribution in [1.82, 2.24) is 10.3 Å². The summed E-state index contributed by atoms with van der Waals surface area (Å²) in [6.07, 6.45) is -3.63. The number of carbonyl (C=O) groups is 1. The third-order valence-corrected chi connectivity index (χ3v) is 3.82. The summed E-state index contributed by atoms with van der Waals surface area (Å²) < 4.78 is 37.4. The van der Waals surface area contributed by atoms with Crippen molar-refractivity contribution in [3.8, 4) is 0 Å². The van der Waals surface area contributed by atoms with Crippen molar-refractivity contribution in [3.63, 3.8) is 0 Å². The maximum Gasteiger partial charge on any atom is 0.417 e. The number of carbonyl (C=O) groups excluding carboxylic acids is 1. The van der Waals surface area contributed by atoms with E-state index in [0.29, 0.717) is 24.5 Å². The zero-order valence-electron chi connectivity index (χ0n) is 14.9. The second-order valence-corrected chi connectivity index (χ2v) is 6.94. The van der Waals surface area contributed by atoms with Gasteiger partial charge in [0, 0.05) is 24.8 Å². The number of alkyl halides is 3. The number of benzene rings is 1. The Morgan fingerprint density at radius 1 is 0.962 bits per heavy atom. The molecule has 0 spiro atoms. The lowest BCUT2D eigenvalue weighted by molar-refractivity contribution is -0.137. The lowest BCUT2D eigenvalue weighted by atomic mass is 9.87. The van der Waals surface area contributed by atoms with Crippen LogP contribution in [0.4, 0.5) is 19.0 Å². The zero-order valence-corrected chi connectivity index (χ0v) is 14.9. The van der Waals surface area contributed by atoms with Crippen LogP contribution in [0.3, 0.4) is 0 Å². The molecule has 0 aliphatic rings. The molecule has 1 amide bonds. The van der Waals surface area contributed by atoms with Gasteiger partial charge in [-0.05, 0) is 35.2 Å². The first-order valence-corrected chi connectivity index (χ1v) is 8.23. The molecule has 0 atom stereocenters. The van der Waals surface area contributed by atoms with Crippen molar-refractivity contribution >= 4 is 11.7 Å². The average molecular weight is 365 g/mol. The Balaban J connectivity index is 1.80. The first-order chi connectivity index (χ1) is 12.1. The highest BCUT2D eigenvalue weighted by atomic mass is 19.4. The van der Waals surface area contributed by atoms with Crippen molar-refractivity contribution in [3.05, 3.63) is 59.3 Å². The molecular weight excluding hydrogens is 343 g/mol. The molecule has 1 aromatic heterocycles. The molecule has 26 heavy (non-hydrogen) atoms. The molecule has 2 rings (SSSR count). The Labute approximate surface area is 150 Å². The van der Waals surface area contributed by atoms with Gasteiger partial charge in [-0.2, -0.15) is 13.2 Å². The second kappa shape index (κ2) is 7.76. The van der Waals surface area contributed by atoms with Crippen molar-refractivity contribution in [2.45, 2.75) is 32.4 Å². The van der Waals surface area contributed by atoms with E-state index in [1.54, 1.807) is 12.1 Å². The summed E-state index contributed by atoms with van der Waals surface area (Å²) in [5.41, 5.74) is 0.929. The van der Waals surface area contributed by atoms with E-state index in [1.807, 2.05) is 12.1 Å². The summed E-state index contributed by atoms with van der Waals surface area (Å²) in [5, 5.41) is 5.62. The van der Waals surface area contributed by atoms with Crippen LogP contribution in [0.5, 0.6) is 0 Å². The molecule has 0 radical (unpaired) electrons. The Kier molecular flexibility index (Phi) is 5.90. The quantitative estimate of drug-likeness (QED) is 0.780. The number of anilines is 1.